The molecule has 1 heterocycles. The Bertz CT molecular complexity index is 151. The summed E-state index contributed by atoms with van der Waals surface area (Å²) in [5, 5.41) is 0. The monoisotopic (exact) mass is 197 g/mol. The second-order valence-electron chi connectivity index (χ2n) is 5.57. The second-order valence-corrected chi connectivity index (χ2v) is 5.57. The van der Waals surface area contributed by atoms with E-state index in [2.05, 4.69) is 32.6 Å². The van der Waals surface area contributed by atoms with Crippen molar-refractivity contribution in [2.75, 3.05) is 13.1 Å². The van der Waals surface area contributed by atoms with Crippen LogP contribution in [-0.4, -0.2) is 24.0 Å². The Hall–Kier alpha value is -0.0400. The molecule has 0 radical (unpaired) electrons. The predicted molar refractivity (Wildman–Crippen MR) is 63.5 cm³/mol. The van der Waals surface area contributed by atoms with E-state index in [1.165, 1.54) is 38.8 Å². The largest absolute Gasteiger partial charge is 0.301 e. The van der Waals surface area contributed by atoms with Crippen LogP contribution in [0.15, 0.2) is 0 Å². The van der Waals surface area contributed by atoms with Gasteiger partial charge in [0.2, 0.25) is 0 Å². The van der Waals surface area contributed by atoms with E-state index < -0.39 is 0 Å². The van der Waals surface area contributed by atoms with E-state index >= 15 is 0 Å². The molecule has 0 aromatic rings. The minimum atomic E-state index is 0.747. The lowest BCUT2D eigenvalue weighted by Gasteiger charge is -2.35. The van der Waals surface area contributed by atoms with Gasteiger partial charge in [-0.15, -0.1) is 0 Å². The summed E-state index contributed by atoms with van der Waals surface area (Å²) in [6.45, 7) is 12.0. The number of piperidine rings is 1. The van der Waals surface area contributed by atoms with Crippen molar-refractivity contribution in [3.8, 4) is 0 Å². The van der Waals surface area contributed by atoms with E-state index in [9.17, 15) is 0 Å². The summed E-state index contributed by atoms with van der Waals surface area (Å²) >= 11 is 0. The van der Waals surface area contributed by atoms with Gasteiger partial charge in [0, 0.05) is 12.6 Å². The number of hydrogen-bond acceptors (Lipinski definition) is 1. The summed E-state index contributed by atoms with van der Waals surface area (Å²) in [7, 11) is 0. The average molecular weight is 197 g/mol. The number of likely N-dealkylation sites (tertiary alicyclic amines) is 1. The minimum Gasteiger partial charge on any atom is -0.301 e. The van der Waals surface area contributed by atoms with Crippen LogP contribution >= 0.6 is 0 Å². The molecule has 1 rings (SSSR count). The zero-order chi connectivity index (χ0) is 10.6. The van der Waals surface area contributed by atoms with Crippen molar-refractivity contribution >= 4 is 0 Å². The third-order valence-electron chi connectivity index (χ3n) is 3.43. The molecule has 1 heteroatoms. The van der Waals surface area contributed by atoms with Crippen LogP contribution in [0.5, 0.6) is 0 Å². The maximum absolute atomic E-state index is 2.65. The first-order valence-electron chi connectivity index (χ1n) is 6.33. The van der Waals surface area contributed by atoms with E-state index in [0.29, 0.717) is 0 Å². The lowest BCUT2D eigenvalue weighted by molar-refractivity contribution is 0.132. The molecule has 1 nitrogen and oxygen atoms in total. The summed E-state index contributed by atoms with van der Waals surface area (Å²) in [6.07, 6.45) is 5.74. The first-order valence-corrected chi connectivity index (χ1v) is 6.33. The summed E-state index contributed by atoms with van der Waals surface area (Å²) < 4.78 is 0. The highest BCUT2D eigenvalue weighted by molar-refractivity contribution is 4.75. The van der Waals surface area contributed by atoms with Gasteiger partial charge in [-0.2, -0.15) is 0 Å². The van der Waals surface area contributed by atoms with Crippen LogP contribution in [0.4, 0.5) is 0 Å². The number of nitrogens with zero attached hydrogens (tertiary/aromatic N) is 1. The summed E-state index contributed by atoms with van der Waals surface area (Å²) in [6, 6.07) is 0.747. The van der Waals surface area contributed by atoms with Crippen molar-refractivity contribution in [3.63, 3.8) is 0 Å². The van der Waals surface area contributed by atoms with Crippen molar-refractivity contribution in [2.45, 2.75) is 59.4 Å². The van der Waals surface area contributed by atoms with Gasteiger partial charge in [0.15, 0.2) is 0 Å². The average Bonchev–Trinajstić information content (AvgIpc) is 2.15. The molecule has 1 aliphatic rings. The van der Waals surface area contributed by atoms with Gasteiger partial charge in [0.25, 0.3) is 0 Å². The van der Waals surface area contributed by atoms with Crippen LogP contribution in [0.2, 0.25) is 0 Å². The summed E-state index contributed by atoms with van der Waals surface area (Å²) in [5.74, 6) is 1.86. The molecule has 1 fully saturated rings. The van der Waals surface area contributed by atoms with Crippen LogP contribution in [0, 0.1) is 11.8 Å². The Morgan fingerprint density at radius 2 is 1.93 bits per heavy atom. The molecule has 0 aromatic heterocycles. The van der Waals surface area contributed by atoms with Crippen LogP contribution < -0.4 is 0 Å². The Labute approximate surface area is 89.9 Å². The van der Waals surface area contributed by atoms with E-state index in [0.717, 1.165) is 17.9 Å². The molecular formula is C13H27N. The van der Waals surface area contributed by atoms with Gasteiger partial charge in [0.05, 0.1) is 0 Å². The van der Waals surface area contributed by atoms with E-state index in [1.807, 2.05) is 0 Å². The van der Waals surface area contributed by atoms with Crippen molar-refractivity contribution < 1.29 is 0 Å². The molecule has 1 saturated heterocycles. The first-order chi connectivity index (χ1) is 6.59. The topological polar surface area (TPSA) is 3.24 Å². The first kappa shape index (κ1) is 12.0. The second kappa shape index (κ2) is 5.75. The standard InChI is InChI=1S/C13H27N/c1-11(2)7-8-13-6-5-9-14(10-13)12(3)4/h11-13H,5-10H2,1-4H3. The van der Waals surface area contributed by atoms with E-state index in [1.54, 1.807) is 0 Å². The smallest absolute Gasteiger partial charge is 0.00387 e. The molecule has 14 heavy (non-hydrogen) atoms. The van der Waals surface area contributed by atoms with Crippen molar-refractivity contribution in [1.82, 2.24) is 4.90 Å². The zero-order valence-electron chi connectivity index (χ0n) is 10.4. The van der Waals surface area contributed by atoms with Gasteiger partial charge in [-0.3, -0.25) is 0 Å². The molecule has 0 aromatic carbocycles. The molecule has 0 amide bonds. The third-order valence-corrected chi connectivity index (χ3v) is 3.43. The highest BCUT2D eigenvalue weighted by Gasteiger charge is 2.21. The SMILES string of the molecule is CC(C)CCC1CCCN(C(C)C)C1. The molecule has 1 atom stereocenters. The highest BCUT2D eigenvalue weighted by atomic mass is 15.2. The molecule has 1 unspecified atom stereocenters. The maximum Gasteiger partial charge on any atom is 0.00387 e. The molecule has 0 saturated carbocycles. The van der Waals surface area contributed by atoms with Gasteiger partial charge in [0.1, 0.15) is 0 Å². The van der Waals surface area contributed by atoms with E-state index in [4.69, 9.17) is 0 Å². The van der Waals surface area contributed by atoms with Gasteiger partial charge >= 0.3 is 0 Å². The van der Waals surface area contributed by atoms with Gasteiger partial charge in [-0.1, -0.05) is 20.3 Å². The van der Waals surface area contributed by atoms with Crippen molar-refractivity contribution in [2.24, 2.45) is 11.8 Å². The maximum atomic E-state index is 2.65. The quantitative estimate of drug-likeness (QED) is 0.666. The molecule has 0 bridgehead atoms. The van der Waals surface area contributed by atoms with Gasteiger partial charge < -0.3 is 4.90 Å². The van der Waals surface area contributed by atoms with Crippen LogP contribution in [-0.2, 0) is 0 Å². The van der Waals surface area contributed by atoms with Gasteiger partial charge in [-0.05, 0) is 51.5 Å². The Morgan fingerprint density at radius 1 is 1.21 bits per heavy atom. The Balaban J connectivity index is 2.25. The predicted octanol–water partition coefficient (Wildman–Crippen LogP) is 3.54. The van der Waals surface area contributed by atoms with Crippen LogP contribution in [0.3, 0.4) is 0 Å². The minimum absolute atomic E-state index is 0.747. The fourth-order valence-corrected chi connectivity index (χ4v) is 2.37. The molecule has 84 valence electrons. The summed E-state index contributed by atoms with van der Waals surface area (Å²) in [5.41, 5.74) is 0. The number of hydrogen-bond donors (Lipinski definition) is 0. The lowest BCUT2D eigenvalue weighted by atomic mass is 9.90. The van der Waals surface area contributed by atoms with Gasteiger partial charge in [-0.25, -0.2) is 0 Å². The zero-order valence-corrected chi connectivity index (χ0v) is 10.4. The van der Waals surface area contributed by atoms with Crippen molar-refractivity contribution in [1.29, 1.82) is 0 Å². The van der Waals surface area contributed by atoms with Crippen LogP contribution in [0.25, 0.3) is 0 Å². The number of rotatable bonds is 4. The third kappa shape index (κ3) is 4.00. The van der Waals surface area contributed by atoms with Crippen LogP contribution in [0.1, 0.15) is 53.4 Å². The fourth-order valence-electron chi connectivity index (χ4n) is 2.37. The highest BCUT2D eigenvalue weighted by Crippen LogP contribution is 2.23. The Morgan fingerprint density at radius 3 is 2.50 bits per heavy atom. The normalized spacial score (nSPS) is 24.9. The molecular weight excluding hydrogens is 170 g/mol. The van der Waals surface area contributed by atoms with E-state index in [-0.39, 0.29) is 0 Å². The fraction of sp³-hybridized carbons (Fsp3) is 1.00. The van der Waals surface area contributed by atoms with Crippen molar-refractivity contribution in [3.05, 3.63) is 0 Å². The molecule has 0 N–H and O–H groups in total. The molecule has 1 aliphatic heterocycles. The lowest BCUT2D eigenvalue weighted by Crippen LogP contribution is -2.39. The molecule has 0 spiro atoms. The summed E-state index contributed by atoms with van der Waals surface area (Å²) in [4.78, 5) is 2.65. The molecule has 0 aliphatic carbocycles. The Kier molecular flexibility index (Phi) is 4.94.